The van der Waals surface area contributed by atoms with E-state index in [9.17, 15) is 14.4 Å². The molecular formula is C19H23N3O5. The highest BCUT2D eigenvalue weighted by Gasteiger charge is 2.28. The van der Waals surface area contributed by atoms with Crippen LogP contribution in [-0.4, -0.2) is 53.9 Å². The largest absolute Gasteiger partial charge is 0.465 e. The molecule has 0 atom stereocenters. The molecule has 8 nitrogen and oxygen atoms in total. The van der Waals surface area contributed by atoms with E-state index >= 15 is 0 Å². The first kappa shape index (κ1) is 18.8. The summed E-state index contributed by atoms with van der Waals surface area (Å²) in [5, 5.41) is 2.98. The number of hydrogen-bond donors (Lipinski definition) is 2. The summed E-state index contributed by atoms with van der Waals surface area (Å²) < 4.78 is 9.92. The van der Waals surface area contributed by atoms with Crippen LogP contribution in [0.1, 0.15) is 55.5 Å². The van der Waals surface area contributed by atoms with Crippen molar-refractivity contribution in [2.45, 2.75) is 32.7 Å². The summed E-state index contributed by atoms with van der Waals surface area (Å²) in [6, 6.07) is 3.29. The molecule has 3 heterocycles. The molecule has 2 amide bonds. The molecule has 1 aliphatic rings. The SMILES string of the molecule is COC(=O)c1c(C)[nH]c(C(=O)NC2CCN(C(=O)c3ccco3)CC2)c1C. The number of H-pyrrole nitrogens is 1. The van der Waals surface area contributed by atoms with Crippen molar-refractivity contribution in [1.82, 2.24) is 15.2 Å². The number of aryl methyl sites for hydroxylation is 1. The molecule has 0 saturated carbocycles. The van der Waals surface area contributed by atoms with Crippen LogP contribution in [0.25, 0.3) is 0 Å². The first-order valence-electron chi connectivity index (χ1n) is 8.83. The van der Waals surface area contributed by atoms with Gasteiger partial charge in [0.2, 0.25) is 0 Å². The van der Waals surface area contributed by atoms with Crippen LogP contribution < -0.4 is 5.32 Å². The van der Waals surface area contributed by atoms with Gasteiger partial charge in [-0.05, 0) is 44.4 Å². The van der Waals surface area contributed by atoms with Gasteiger partial charge in [-0.25, -0.2) is 4.79 Å². The highest BCUT2D eigenvalue weighted by Crippen LogP contribution is 2.20. The van der Waals surface area contributed by atoms with Crippen LogP contribution in [0, 0.1) is 13.8 Å². The minimum Gasteiger partial charge on any atom is -0.465 e. The van der Waals surface area contributed by atoms with Crippen molar-refractivity contribution in [1.29, 1.82) is 0 Å². The molecule has 144 valence electrons. The maximum absolute atomic E-state index is 12.6. The van der Waals surface area contributed by atoms with E-state index in [1.807, 2.05) is 0 Å². The molecule has 2 N–H and O–H groups in total. The average Bonchev–Trinajstić information content (AvgIpc) is 3.29. The van der Waals surface area contributed by atoms with E-state index in [0.717, 1.165) is 0 Å². The van der Waals surface area contributed by atoms with E-state index < -0.39 is 5.97 Å². The van der Waals surface area contributed by atoms with E-state index in [-0.39, 0.29) is 17.9 Å². The predicted octanol–water partition coefficient (Wildman–Crippen LogP) is 2.05. The Labute approximate surface area is 156 Å². The van der Waals surface area contributed by atoms with E-state index in [2.05, 4.69) is 10.3 Å². The summed E-state index contributed by atoms with van der Waals surface area (Å²) in [6.07, 6.45) is 2.78. The van der Waals surface area contributed by atoms with Crippen LogP contribution in [0.15, 0.2) is 22.8 Å². The van der Waals surface area contributed by atoms with Crippen LogP contribution in [0.2, 0.25) is 0 Å². The quantitative estimate of drug-likeness (QED) is 0.798. The summed E-state index contributed by atoms with van der Waals surface area (Å²) in [5.41, 5.74) is 1.93. The van der Waals surface area contributed by atoms with Crippen LogP contribution in [0.3, 0.4) is 0 Å². The van der Waals surface area contributed by atoms with Gasteiger partial charge in [0.15, 0.2) is 5.76 Å². The minimum atomic E-state index is -0.468. The van der Waals surface area contributed by atoms with Crippen molar-refractivity contribution in [2.75, 3.05) is 20.2 Å². The standard InChI is InChI=1S/C19H23N3O5/c1-11-15(19(25)26-3)12(2)20-16(11)17(23)21-13-6-8-22(9-7-13)18(24)14-5-4-10-27-14/h4-5,10,13,20H,6-9H2,1-3H3,(H,21,23). The van der Waals surface area contributed by atoms with Crippen molar-refractivity contribution in [3.05, 3.63) is 46.7 Å². The van der Waals surface area contributed by atoms with Crippen molar-refractivity contribution in [3.63, 3.8) is 0 Å². The lowest BCUT2D eigenvalue weighted by molar-refractivity contribution is 0.0598. The summed E-state index contributed by atoms with van der Waals surface area (Å²) in [6.45, 7) is 4.53. The van der Waals surface area contributed by atoms with Gasteiger partial charge in [0, 0.05) is 24.8 Å². The van der Waals surface area contributed by atoms with E-state index in [4.69, 9.17) is 9.15 Å². The summed E-state index contributed by atoms with van der Waals surface area (Å²) in [4.78, 5) is 41.5. The van der Waals surface area contributed by atoms with Crippen LogP contribution in [0.4, 0.5) is 0 Å². The van der Waals surface area contributed by atoms with Gasteiger partial charge in [-0.2, -0.15) is 0 Å². The summed E-state index contributed by atoms with van der Waals surface area (Å²) in [7, 11) is 1.31. The Balaban J connectivity index is 1.60. The van der Waals surface area contributed by atoms with Crippen LogP contribution in [0.5, 0.6) is 0 Å². The fraction of sp³-hybridized carbons (Fsp3) is 0.421. The van der Waals surface area contributed by atoms with Gasteiger partial charge in [0.25, 0.3) is 11.8 Å². The van der Waals surface area contributed by atoms with Crippen molar-refractivity contribution in [3.8, 4) is 0 Å². The molecule has 0 spiro atoms. The van der Waals surface area contributed by atoms with Crippen LogP contribution >= 0.6 is 0 Å². The Kier molecular flexibility index (Phi) is 5.34. The van der Waals surface area contributed by atoms with Crippen molar-refractivity contribution < 1.29 is 23.5 Å². The number of nitrogens with one attached hydrogen (secondary N) is 2. The van der Waals surface area contributed by atoms with Crippen molar-refractivity contribution in [2.24, 2.45) is 0 Å². The molecule has 8 heteroatoms. The maximum Gasteiger partial charge on any atom is 0.339 e. The molecule has 0 bridgehead atoms. The molecular weight excluding hydrogens is 350 g/mol. The van der Waals surface area contributed by atoms with E-state index in [0.29, 0.717) is 54.2 Å². The topological polar surface area (TPSA) is 105 Å². The molecule has 2 aromatic rings. The number of likely N-dealkylation sites (tertiary alicyclic amines) is 1. The minimum absolute atomic E-state index is 0.0391. The predicted molar refractivity (Wildman–Crippen MR) is 96.7 cm³/mol. The Morgan fingerprint density at radius 2 is 1.96 bits per heavy atom. The lowest BCUT2D eigenvalue weighted by Gasteiger charge is -2.31. The van der Waals surface area contributed by atoms with Gasteiger partial charge in [-0.1, -0.05) is 0 Å². The van der Waals surface area contributed by atoms with Crippen LogP contribution in [-0.2, 0) is 4.74 Å². The number of methoxy groups -OCH3 is 1. The smallest absolute Gasteiger partial charge is 0.339 e. The number of ether oxygens (including phenoxy) is 1. The third-order valence-electron chi connectivity index (χ3n) is 4.90. The van der Waals surface area contributed by atoms with Gasteiger partial charge in [0.05, 0.1) is 18.9 Å². The number of carbonyl (C=O) groups excluding carboxylic acids is 3. The number of piperidine rings is 1. The molecule has 0 unspecified atom stereocenters. The first-order chi connectivity index (χ1) is 12.9. The number of nitrogens with zero attached hydrogens (tertiary/aromatic N) is 1. The molecule has 1 saturated heterocycles. The molecule has 1 fully saturated rings. The second-order valence-electron chi connectivity index (χ2n) is 6.63. The average molecular weight is 373 g/mol. The molecule has 0 aromatic carbocycles. The number of carbonyl (C=O) groups is 3. The van der Waals surface area contributed by atoms with Crippen molar-refractivity contribution >= 4 is 17.8 Å². The van der Waals surface area contributed by atoms with Gasteiger partial charge in [-0.3, -0.25) is 9.59 Å². The second kappa shape index (κ2) is 7.69. The zero-order valence-corrected chi connectivity index (χ0v) is 15.6. The number of furan rings is 1. The van der Waals surface area contributed by atoms with E-state index in [1.54, 1.807) is 30.9 Å². The fourth-order valence-corrected chi connectivity index (χ4v) is 3.43. The zero-order valence-electron chi connectivity index (χ0n) is 15.6. The van der Waals surface area contributed by atoms with Gasteiger partial charge in [-0.15, -0.1) is 0 Å². The molecule has 27 heavy (non-hydrogen) atoms. The third kappa shape index (κ3) is 3.74. The number of rotatable bonds is 4. The summed E-state index contributed by atoms with van der Waals surface area (Å²) in [5.74, 6) is -0.541. The monoisotopic (exact) mass is 373 g/mol. The fourth-order valence-electron chi connectivity index (χ4n) is 3.43. The molecule has 0 radical (unpaired) electrons. The number of amides is 2. The lowest BCUT2D eigenvalue weighted by Crippen LogP contribution is -2.46. The number of hydrogen-bond acceptors (Lipinski definition) is 5. The van der Waals surface area contributed by atoms with Gasteiger partial charge >= 0.3 is 5.97 Å². The molecule has 2 aromatic heterocycles. The highest BCUT2D eigenvalue weighted by molar-refractivity contribution is 6.00. The molecule has 3 rings (SSSR count). The highest BCUT2D eigenvalue weighted by atomic mass is 16.5. The Morgan fingerprint density at radius 1 is 1.26 bits per heavy atom. The normalized spacial score (nSPS) is 14.9. The molecule has 0 aliphatic carbocycles. The number of aromatic nitrogens is 1. The number of esters is 1. The summed E-state index contributed by atoms with van der Waals surface area (Å²) >= 11 is 0. The lowest BCUT2D eigenvalue weighted by atomic mass is 10.0. The van der Waals surface area contributed by atoms with E-state index in [1.165, 1.54) is 13.4 Å². The molecule has 1 aliphatic heterocycles. The Morgan fingerprint density at radius 3 is 2.56 bits per heavy atom. The third-order valence-corrected chi connectivity index (χ3v) is 4.90. The van der Waals surface area contributed by atoms with Gasteiger partial charge < -0.3 is 24.4 Å². The van der Waals surface area contributed by atoms with Gasteiger partial charge in [0.1, 0.15) is 5.69 Å². The second-order valence-corrected chi connectivity index (χ2v) is 6.63. The zero-order chi connectivity index (χ0) is 19.6. The first-order valence-corrected chi connectivity index (χ1v) is 8.83. The maximum atomic E-state index is 12.6. The Hall–Kier alpha value is -3.03. The number of aromatic amines is 1. The Bertz CT molecular complexity index is 845.